The Morgan fingerprint density at radius 1 is 1.00 bits per heavy atom. The molecular weight excluding hydrogens is 324 g/mol. The molecule has 0 fully saturated rings. The van der Waals surface area contributed by atoms with E-state index in [2.05, 4.69) is 48.8 Å². The van der Waals surface area contributed by atoms with E-state index in [0.29, 0.717) is 5.56 Å². The van der Waals surface area contributed by atoms with Crippen LogP contribution < -0.4 is 0 Å². The number of halogens is 1. The molecule has 2 heteroatoms. The Balaban J connectivity index is 2.15. The number of benzene rings is 2. The number of hydrogen-bond donors (Lipinski definition) is 0. The van der Waals surface area contributed by atoms with Crippen molar-refractivity contribution in [2.45, 2.75) is 26.2 Å². The third kappa shape index (κ3) is 4.15. The van der Waals surface area contributed by atoms with Gasteiger partial charge in [-0.3, -0.25) is 4.79 Å². The third-order valence-corrected chi connectivity index (χ3v) is 4.03. The molecule has 0 saturated carbocycles. The Morgan fingerprint density at radius 2 is 1.62 bits per heavy atom. The lowest BCUT2D eigenvalue weighted by Crippen LogP contribution is -2.10. The van der Waals surface area contributed by atoms with Gasteiger partial charge in [0.1, 0.15) is 0 Å². The van der Waals surface area contributed by atoms with E-state index in [1.54, 1.807) is 6.08 Å². The van der Waals surface area contributed by atoms with E-state index >= 15 is 0 Å². The lowest BCUT2D eigenvalue weighted by molar-refractivity contribution is 0.104. The fourth-order valence-electron chi connectivity index (χ4n) is 2.02. The van der Waals surface area contributed by atoms with Crippen LogP contribution in [-0.4, -0.2) is 5.78 Å². The fraction of sp³-hybridized carbons (Fsp3) is 0.211. The van der Waals surface area contributed by atoms with Crippen LogP contribution >= 0.6 is 15.9 Å². The van der Waals surface area contributed by atoms with E-state index in [9.17, 15) is 4.79 Å². The normalized spacial score (nSPS) is 11.8. The van der Waals surface area contributed by atoms with Gasteiger partial charge >= 0.3 is 0 Å². The molecular formula is C19H19BrO. The van der Waals surface area contributed by atoms with Crippen molar-refractivity contribution in [1.82, 2.24) is 0 Å². The van der Waals surface area contributed by atoms with Crippen LogP contribution in [0.5, 0.6) is 0 Å². The van der Waals surface area contributed by atoms with E-state index in [1.165, 1.54) is 5.56 Å². The van der Waals surface area contributed by atoms with Gasteiger partial charge in [0.25, 0.3) is 0 Å². The summed E-state index contributed by atoms with van der Waals surface area (Å²) in [5.41, 5.74) is 3.15. The van der Waals surface area contributed by atoms with E-state index in [4.69, 9.17) is 0 Å². The second-order valence-corrected chi connectivity index (χ2v) is 6.90. The van der Waals surface area contributed by atoms with Crippen LogP contribution in [0.3, 0.4) is 0 Å². The van der Waals surface area contributed by atoms with Gasteiger partial charge in [-0.15, -0.1) is 0 Å². The lowest BCUT2D eigenvalue weighted by Gasteiger charge is -2.18. The second kappa shape index (κ2) is 6.40. The summed E-state index contributed by atoms with van der Waals surface area (Å²) < 4.78 is 0.822. The maximum Gasteiger partial charge on any atom is 0.186 e. The summed E-state index contributed by atoms with van der Waals surface area (Å²) in [5.74, 6) is 0.00220. The molecule has 2 aromatic rings. The topological polar surface area (TPSA) is 17.1 Å². The molecule has 0 N–H and O–H groups in total. The Kier molecular flexibility index (Phi) is 4.79. The minimum atomic E-state index is 0.00220. The standard InChI is InChI=1S/C19H19BrO/c1-19(2,3)15-11-8-14(9-12-15)10-13-18(21)16-6-4-5-7-17(16)20/h4-13H,1-3H3. The maximum absolute atomic E-state index is 12.1. The maximum atomic E-state index is 12.1. The quantitative estimate of drug-likeness (QED) is 0.520. The van der Waals surface area contributed by atoms with Crippen LogP contribution in [0.25, 0.3) is 6.08 Å². The van der Waals surface area contributed by atoms with Gasteiger partial charge in [0, 0.05) is 10.0 Å². The van der Waals surface area contributed by atoms with Crippen molar-refractivity contribution in [3.8, 4) is 0 Å². The minimum Gasteiger partial charge on any atom is -0.289 e. The van der Waals surface area contributed by atoms with Crippen molar-refractivity contribution in [2.75, 3.05) is 0 Å². The van der Waals surface area contributed by atoms with Crippen LogP contribution in [0, 0.1) is 0 Å². The summed E-state index contributed by atoms with van der Waals surface area (Å²) >= 11 is 3.40. The number of ketones is 1. The van der Waals surface area contributed by atoms with E-state index in [0.717, 1.165) is 10.0 Å². The largest absolute Gasteiger partial charge is 0.289 e. The fourth-order valence-corrected chi connectivity index (χ4v) is 2.50. The van der Waals surface area contributed by atoms with Crippen LogP contribution in [0.15, 0.2) is 59.1 Å². The summed E-state index contributed by atoms with van der Waals surface area (Å²) in [5, 5.41) is 0. The second-order valence-electron chi connectivity index (χ2n) is 6.05. The Labute approximate surface area is 134 Å². The van der Waals surface area contributed by atoms with Crippen LogP contribution in [0.2, 0.25) is 0 Å². The van der Waals surface area contributed by atoms with Crippen LogP contribution in [0.1, 0.15) is 42.3 Å². The average molecular weight is 343 g/mol. The summed E-state index contributed by atoms with van der Waals surface area (Å²) in [6, 6.07) is 15.8. The molecule has 2 aromatic carbocycles. The molecule has 108 valence electrons. The van der Waals surface area contributed by atoms with Gasteiger partial charge in [0.15, 0.2) is 5.78 Å². The number of allylic oxidation sites excluding steroid dienone is 1. The van der Waals surface area contributed by atoms with Gasteiger partial charge in [-0.1, -0.05) is 79.2 Å². The first-order valence-electron chi connectivity index (χ1n) is 6.95. The lowest BCUT2D eigenvalue weighted by atomic mass is 9.87. The highest BCUT2D eigenvalue weighted by molar-refractivity contribution is 9.10. The zero-order valence-corrected chi connectivity index (χ0v) is 14.1. The van der Waals surface area contributed by atoms with Crippen LogP contribution in [0.4, 0.5) is 0 Å². The Morgan fingerprint density at radius 3 is 2.19 bits per heavy atom. The highest BCUT2D eigenvalue weighted by Crippen LogP contribution is 2.22. The van der Waals surface area contributed by atoms with Gasteiger partial charge in [0.2, 0.25) is 0 Å². The minimum absolute atomic E-state index is 0.00220. The third-order valence-electron chi connectivity index (χ3n) is 3.34. The summed E-state index contributed by atoms with van der Waals surface area (Å²) in [6.07, 6.45) is 3.47. The van der Waals surface area contributed by atoms with Gasteiger partial charge in [-0.05, 0) is 34.8 Å². The van der Waals surface area contributed by atoms with E-state index < -0.39 is 0 Å². The van der Waals surface area contributed by atoms with Gasteiger partial charge in [0.05, 0.1) is 0 Å². The predicted octanol–water partition coefficient (Wildman–Crippen LogP) is 5.64. The Hall–Kier alpha value is -1.67. The van der Waals surface area contributed by atoms with Gasteiger partial charge < -0.3 is 0 Å². The van der Waals surface area contributed by atoms with Crippen molar-refractivity contribution in [3.05, 3.63) is 75.8 Å². The molecule has 0 aliphatic carbocycles. The zero-order chi connectivity index (χ0) is 15.5. The molecule has 0 radical (unpaired) electrons. The molecule has 0 aliphatic heterocycles. The first-order chi connectivity index (χ1) is 9.88. The van der Waals surface area contributed by atoms with E-state index in [1.807, 2.05) is 42.5 Å². The molecule has 0 bridgehead atoms. The molecule has 1 nitrogen and oxygen atoms in total. The number of rotatable bonds is 3. The molecule has 0 spiro atoms. The Bertz CT molecular complexity index is 661. The molecule has 21 heavy (non-hydrogen) atoms. The number of carbonyl (C=O) groups is 1. The molecule has 2 rings (SSSR count). The molecule has 0 atom stereocenters. The summed E-state index contributed by atoms with van der Waals surface area (Å²) in [4.78, 5) is 12.1. The van der Waals surface area contributed by atoms with Crippen molar-refractivity contribution >= 4 is 27.8 Å². The van der Waals surface area contributed by atoms with Crippen molar-refractivity contribution in [1.29, 1.82) is 0 Å². The number of hydrogen-bond acceptors (Lipinski definition) is 1. The molecule has 0 amide bonds. The first kappa shape index (κ1) is 15.7. The van der Waals surface area contributed by atoms with Crippen molar-refractivity contribution in [3.63, 3.8) is 0 Å². The van der Waals surface area contributed by atoms with Gasteiger partial charge in [-0.25, -0.2) is 0 Å². The predicted molar refractivity (Wildman–Crippen MR) is 92.6 cm³/mol. The SMILES string of the molecule is CC(C)(C)c1ccc(C=CC(=O)c2ccccc2Br)cc1. The summed E-state index contributed by atoms with van der Waals surface area (Å²) in [7, 11) is 0. The first-order valence-corrected chi connectivity index (χ1v) is 7.75. The smallest absolute Gasteiger partial charge is 0.186 e. The number of carbonyl (C=O) groups excluding carboxylic acids is 1. The van der Waals surface area contributed by atoms with Crippen molar-refractivity contribution < 1.29 is 4.79 Å². The monoisotopic (exact) mass is 342 g/mol. The van der Waals surface area contributed by atoms with Gasteiger partial charge in [-0.2, -0.15) is 0 Å². The average Bonchev–Trinajstić information content (AvgIpc) is 2.45. The molecule has 0 heterocycles. The molecule has 0 saturated heterocycles. The zero-order valence-electron chi connectivity index (χ0n) is 12.6. The molecule has 0 aliphatic rings. The molecule has 0 unspecified atom stereocenters. The summed E-state index contributed by atoms with van der Waals surface area (Å²) in [6.45, 7) is 6.57. The molecule has 0 aromatic heterocycles. The van der Waals surface area contributed by atoms with E-state index in [-0.39, 0.29) is 11.2 Å². The van der Waals surface area contributed by atoms with Crippen molar-refractivity contribution in [2.24, 2.45) is 0 Å². The highest BCUT2D eigenvalue weighted by Gasteiger charge is 2.12. The highest BCUT2D eigenvalue weighted by atomic mass is 79.9. The van der Waals surface area contributed by atoms with Crippen LogP contribution in [-0.2, 0) is 5.41 Å².